The highest BCUT2D eigenvalue weighted by molar-refractivity contribution is 6.04. The molecule has 108 valence electrons. The Morgan fingerprint density at radius 1 is 1.55 bits per heavy atom. The van der Waals surface area contributed by atoms with Gasteiger partial charge >= 0.3 is 0 Å². The number of ether oxygens (including phenoxy) is 1. The van der Waals surface area contributed by atoms with Crippen LogP contribution in [-0.2, 0) is 4.79 Å². The monoisotopic (exact) mass is 277 g/mol. The second-order valence-corrected chi connectivity index (χ2v) is 4.93. The summed E-state index contributed by atoms with van der Waals surface area (Å²) in [5.41, 5.74) is 6.53. The summed E-state index contributed by atoms with van der Waals surface area (Å²) in [6.45, 7) is 3.90. The molecule has 0 bridgehead atoms. The van der Waals surface area contributed by atoms with Crippen LogP contribution < -0.4 is 15.8 Å². The third-order valence-corrected chi connectivity index (χ3v) is 3.49. The number of nitrogens with zero attached hydrogens (tertiary/aromatic N) is 1. The smallest absolute Gasteiger partial charge is 0.265 e. The first-order valence-corrected chi connectivity index (χ1v) is 6.53. The molecule has 2 rings (SSSR count). The molecule has 0 spiro atoms. The molecule has 2 unspecified atom stereocenters. The van der Waals surface area contributed by atoms with E-state index in [0.29, 0.717) is 23.5 Å². The van der Waals surface area contributed by atoms with Crippen molar-refractivity contribution < 1.29 is 14.3 Å². The molecule has 0 aliphatic carbocycles. The zero-order valence-electron chi connectivity index (χ0n) is 11.8. The Balaban J connectivity index is 2.37. The summed E-state index contributed by atoms with van der Waals surface area (Å²) < 4.78 is 5.57. The van der Waals surface area contributed by atoms with E-state index in [9.17, 15) is 9.59 Å². The highest BCUT2D eigenvalue weighted by Gasteiger charge is 2.29. The van der Waals surface area contributed by atoms with Gasteiger partial charge in [-0.25, -0.2) is 0 Å². The van der Waals surface area contributed by atoms with Crippen LogP contribution in [0.25, 0.3) is 0 Å². The Morgan fingerprint density at radius 2 is 2.25 bits per heavy atom. The third-order valence-electron chi connectivity index (χ3n) is 3.49. The van der Waals surface area contributed by atoms with Gasteiger partial charge in [0.2, 0.25) is 0 Å². The van der Waals surface area contributed by atoms with Crippen molar-refractivity contribution in [2.45, 2.75) is 26.0 Å². The fourth-order valence-electron chi connectivity index (χ4n) is 1.94. The second-order valence-electron chi connectivity index (χ2n) is 4.93. The minimum Gasteiger partial charge on any atom is -0.478 e. The Kier molecular flexibility index (Phi) is 3.94. The molecule has 1 aliphatic rings. The zero-order chi connectivity index (χ0) is 14.9. The van der Waals surface area contributed by atoms with Crippen LogP contribution in [0.4, 0.5) is 5.69 Å². The van der Waals surface area contributed by atoms with Crippen LogP contribution in [-0.4, -0.2) is 42.5 Å². The van der Waals surface area contributed by atoms with E-state index in [1.165, 1.54) is 0 Å². The fraction of sp³-hybridized carbons (Fsp3) is 0.429. The topological polar surface area (TPSA) is 84.7 Å². The Morgan fingerprint density at radius 3 is 2.90 bits per heavy atom. The molecule has 0 saturated heterocycles. The van der Waals surface area contributed by atoms with Gasteiger partial charge in [0.1, 0.15) is 0 Å². The van der Waals surface area contributed by atoms with Gasteiger partial charge in [-0.3, -0.25) is 9.59 Å². The van der Waals surface area contributed by atoms with Crippen molar-refractivity contribution in [1.82, 2.24) is 4.90 Å². The molecule has 0 saturated carbocycles. The zero-order valence-corrected chi connectivity index (χ0v) is 11.8. The largest absolute Gasteiger partial charge is 0.478 e. The maximum absolute atomic E-state index is 12.5. The predicted octanol–water partition coefficient (Wildman–Crippen LogP) is 0.825. The van der Waals surface area contributed by atoms with Gasteiger partial charge in [0.05, 0.1) is 11.3 Å². The first-order chi connectivity index (χ1) is 9.45. The number of anilines is 1. The lowest BCUT2D eigenvalue weighted by molar-refractivity contribution is -0.122. The van der Waals surface area contributed by atoms with Crippen molar-refractivity contribution in [3.05, 3.63) is 23.8 Å². The molecule has 1 aliphatic heterocycles. The number of rotatable bonds is 3. The number of nitrogens with two attached hydrogens (primary N) is 1. The summed E-state index contributed by atoms with van der Waals surface area (Å²) in [6.07, 6.45) is -0.617. The molecule has 1 aromatic rings. The van der Waals surface area contributed by atoms with Crippen molar-refractivity contribution in [3.63, 3.8) is 0 Å². The molecule has 2 atom stereocenters. The SMILES string of the molecule is CC1Oc2c(cccc2C(=O)N(C)C(C)CN)NC1=O. The third kappa shape index (κ3) is 2.46. The van der Waals surface area contributed by atoms with Crippen LogP contribution in [0.2, 0.25) is 0 Å². The standard InChI is InChI=1S/C14H19N3O3/c1-8(7-15)17(3)14(19)10-5-4-6-11-12(10)20-9(2)13(18)16-11/h4-6,8-9H,7,15H2,1-3H3,(H,16,18). The normalized spacial score (nSPS) is 18.6. The average Bonchev–Trinajstić information content (AvgIpc) is 2.45. The highest BCUT2D eigenvalue weighted by Crippen LogP contribution is 2.34. The molecule has 0 fully saturated rings. The quantitative estimate of drug-likeness (QED) is 0.857. The minimum absolute atomic E-state index is 0.0750. The minimum atomic E-state index is -0.617. The van der Waals surface area contributed by atoms with Gasteiger partial charge in [-0.1, -0.05) is 6.07 Å². The van der Waals surface area contributed by atoms with Crippen molar-refractivity contribution in [3.8, 4) is 5.75 Å². The van der Waals surface area contributed by atoms with Gasteiger partial charge in [-0.15, -0.1) is 0 Å². The summed E-state index contributed by atoms with van der Waals surface area (Å²) in [5.74, 6) is 0.0228. The van der Waals surface area contributed by atoms with Crippen LogP contribution in [0.5, 0.6) is 5.75 Å². The number of likely N-dealkylation sites (N-methyl/N-ethyl adjacent to an activating group) is 1. The number of hydrogen-bond donors (Lipinski definition) is 2. The molecule has 1 heterocycles. The van der Waals surface area contributed by atoms with Gasteiger partial charge in [-0.2, -0.15) is 0 Å². The number of amides is 2. The van der Waals surface area contributed by atoms with Crippen LogP contribution in [0.1, 0.15) is 24.2 Å². The van der Waals surface area contributed by atoms with E-state index in [4.69, 9.17) is 10.5 Å². The van der Waals surface area contributed by atoms with E-state index in [2.05, 4.69) is 5.32 Å². The molecule has 0 aromatic heterocycles. The molecule has 2 amide bonds. The van der Waals surface area contributed by atoms with Gasteiger partial charge in [0, 0.05) is 19.6 Å². The van der Waals surface area contributed by atoms with Crippen LogP contribution in [0.15, 0.2) is 18.2 Å². The Bertz CT molecular complexity index is 544. The lowest BCUT2D eigenvalue weighted by atomic mass is 10.1. The van der Waals surface area contributed by atoms with E-state index >= 15 is 0 Å². The first kappa shape index (κ1) is 14.3. The number of benzene rings is 1. The number of carbonyl (C=O) groups excluding carboxylic acids is 2. The van der Waals surface area contributed by atoms with E-state index in [-0.39, 0.29) is 17.9 Å². The Hall–Kier alpha value is -2.08. The predicted molar refractivity (Wildman–Crippen MR) is 75.8 cm³/mol. The number of hydrogen-bond acceptors (Lipinski definition) is 4. The fourth-order valence-corrected chi connectivity index (χ4v) is 1.94. The maximum atomic E-state index is 12.5. The van der Waals surface area contributed by atoms with E-state index in [0.717, 1.165) is 0 Å². The number of para-hydroxylation sites is 1. The molecular weight excluding hydrogens is 258 g/mol. The highest BCUT2D eigenvalue weighted by atomic mass is 16.5. The molecule has 20 heavy (non-hydrogen) atoms. The van der Waals surface area contributed by atoms with Crippen LogP contribution in [0, 0.1) is 0 Å². The maximum Gasteiger partial charge on any atom is 0.265 e. The van der Waals surface area contributed by atoms with Gasteiger partial charge in [0.25, 0.3) is 11.8 Å². The molecule has 6 nitrogen and oxygen atoms in total. The van der Waals surface area contributed by atoms with E-state index in [1.807, 2.05) is 6.92 Å². The summed E-state index contributed by atoms with van der Waals surface area (Å²) in [5, 5.41) is 2.73. The summed E-state index contributed by atoms with van der Waals surface area (Å²) in [6, 6.07) is 5.04. The number of fused-ring (bicyclic) bond motifs is 1. The van der Waals surface area contributed by atoms with E-state index in [1.54, 1.807) is 37.1 Å². The van der Waals surface area contributed by atoms with Crippen molar-refractivity contribution >= 4 is 17.5 Å². The van der Waals surface area contributed by atoms with Gasteiger partial charge < -0.3 is 20.7 Å². The van der Waals surface area contributed by atoms with E-state index < -0.39 is 6.10 Å². The van der Waals surface area contributed by atoms with Gasteiger partial charge in [-0.05, 0) is 26.0 Å². The average molecular weight is 277 g/mol. The van der Waals surface area contributed by atoms with Crippen LogP contribution >= 0.6 is 0 Å². The molecule has 6 heteroatoms. The summed E-state index contributed by atoms with van der Waals surface area (Å²) in [4.78, 5) is 25.6. The van der Waals surface area contributed by atoms with Crippen molar-refractivity contribution in [1.29, 1.82) is 0 Å². The second kappa shape index (κ2) is 5.50. The Labute approximate surface area is 117 Å². The number of carbonyl (C=O) groups is 2. The van der Waals surface area contributed by atoms with Crippen molar-refractivity contribution in [2.24, 2.45) is 5.73 Å². The molecule has 0 radical (unpaired) electrons. The molecule has 1 aromatic carbocycles. The molecular formula is C14H19N3O3. The molecule has 3 N–H and O–H groups in total. The number of nitrogens with one attached hydrogen (secondary N) is 1. The van der Waals surface area contributed by atoms with Crippen LogP contribution in [0.3, 0.4) is 0 Å². The first-order valence-electron chi connectivity index (χ1n) is 6.53. The summed E-state index contributed by atoms with van der Waals surface area (Å²) >= 11 is 0. The van der Waals surface area contributed by atoms with Crippen molar-refractivity contribution in [2.75, 3.05) is 18.9 Å². The lowest BCUT2D eigenvalue weighted by Gasteiger charge is -2.28. The van der Waals surface area contributed by atoms with Gasteiger partial charge in [0.15, 0.2) is 11.9 Å². The summed E-state index contributed by atoms with van der Waals surface area (Å²) in [7, 11) is 1.70. The lowest BCUT2D eigenvalue weighted by Crippen LogP contribution is -2.41.